The van der Waals surface area contributed by atoms with Crippen LogP contribution in [0.4, 0.5) is 4.39 Å². The number of methoxy groups -OCH3 is 1. The highest BCUT2D eigenvalue weighted by Crippen LogP contribution is 2.33. The first-order valence-corrected chi connectivity index (χ1v) is 8.49. The van der Waals surface area contributed by atoms with E-state index in [0.29, 0.717) is 0 Å². The molecule has 0 spiro atoms. The van der Waals surface area contributed by atoms with Crippen LogP contribution in [0.5, 0.6) is 5.75 Å². The molecule has 1 aromatic carbocycles. The molecular weight excluding hydrogens is 337 g/mol. The maximum absolute atomic E-state index is 13.0. The van der Waals surface area contributed by atoms with Crippen molar-refractivity contribution < 1.29 is 9.13 Å². The van der Waals surface area contributed by atoms with Crippen molar-refractivity contribution in [2.75, 3.05) is 7.11 Å². The molecule has 0 amide bonds. The Balaban J connectivity index is 1.74. The summed E-state index contributed by atoms with van der Waals surface area (Å²) >= 11 is 1.60. The number of aryl methyl sites for hydroxylation is 1. The van der Waals surface area contributed by atoms with E-state index in [9.17, 15) is 4.39 Å². The Bertz CT molecular complexity index is 1060. The van der Waals surface area contributed by atoms with Gasteiger partial charge in [0.1, 0.15) is 10.8 Å². The monoisotopic (exact) mass is 351 g/mol. The second-order valence-corrected chi connectivity index (χ2v) is 6.64. The lowest BCUT2D eigenvalue weighted by Gasteiger charge is -2.06. The van der Waals surface area contributed by atoms with Gasteiger partial charge in [0, 0.05) is 23.5 Å². The molecule has 0 aliphatic carbocycles. The standard InChI is InChI=1S/C19H14FN3OS/c1-11-7-13(10-22-18(11)12-3-6-17(20)21-9-12)19-23-15-5-4-14(24-2)8-16(15)25-19/h3-10H,1-2H3. The molecule has 124 valence electrons. The fourth-order valence-electron chi connectivity index (χ4n) is 2.67. The minimum atomic E-state index is -0.497. The fraction of sp³-hybridized carbons (Fsp3) is 0.105. The van der Waals surface area contributed by atoms with E-state index in [1.165, 1.54) is 12.3 Å². The van der Waals surface area contributed by atoms with Crippen LogP contribution in [0, 0.1) is 12.9 Å². The Kier molecular flexibility index (Phi) is 3.89. The highest BCUT2D eigenvalue weighted by atomic mass is 32.1. The number of fused-ring (bicyclic) bond motifs is 1. The minimum absolute atomic E-state index is 0.497. The molecule has 0 bridgehead atoms. The first-order chi connectivity index (χ1) is 12.1. The van der Waals surface area contributed by atoms with Crippen molar-refractivity contribution in [1.82, 2.24) is 15.0 Å². The third-order valence-corrected chi connectivity index (χ3v) is 4.99. The molecule has 0 N–H and O–H groups in total. The topological polar surface area (TPSA) is 47.9 Å². The fourth-order valence-corrected chi connectivity index (χ4v) is 3.64. The number of hydrogen-bond donors (Lipinski definition) is 0. The third-order valence-electron chi connectivity index (χ3n) is 3.92. The quantitative estimate of drug-likeness (QED) is 0.494. The molecule has 0 saturated carbocycles. The largest absolute Gasteiger partial charge is 0.497 e. The predicted molar refractivity (Wildman–Crippen MR) is 97.3 cm³/mol. The van der Waals surface area contributed by atoms with Gasteiger partial charge in [-0.05, 0) is 48.9 Å². The van der Waals surface area contributed by atoms with E-state index in [1.807, 2.05) is 31.2 Å². The van der Waals surface area contributed by atoms with Gasteiger partial charge in [0.2, 0.25) is 5.95 Å². The van der Waals surface area contributed by atoms with E-state index in [-0.39, 0.29) is 0 Å². The molecule has 6 heteroatoms. The van der Waals surface area contributed by atoms with Crippen LogP contribution >= 0.6 is 11.3 Å². The zero-order valence-electron chi connectivity index (χ0n) is 13.7. The number of rotatable bonds is 3. The Labute approximate surface area is 148 Å². The van der Waals surface area contributed by atoms with Crippen molar-refractivity contribution in [3.05, 3.63) is 60.3 Å². The van der Waals surface area contributed by atoms with Crippen LogP contribution in [0.15, 0.2) is 48.8 Å². The van der Waals surface area contributed by atoms with Gasteiger partial charge in [0.15, 0.2) is 0 Å². The molecular formula is C19H14FN3OS. The Morgan fingerprint density at radius 2 is 1.84 bits per heavy atom. The summed E-state index contributed by atoms with van der Waals surface area (Å²) in [6.07, 6.45) is 3.29. The van der Waals surface area contributed by atoms with Crippen molar-refractivity contribution in [3.63, 3.8) is 0 Å². The van der Waals surface area contributed by atoms with Gasteiger partial charge in [0.05, 0.1) is 23.0 Å². The summed E-state index contributed by atoms with van der Waals surface area (Å²) in [7, 11) is 1.65. The first-order valence-electron chi connectivity index (χ1n) is 7.67. The van der Waals surface area contributed by atoms with Crippen molar-refractivity contribution in [2.45, 2.75) is 6.92 Å². The molecule has 3 aromatic heterocycles. The van der Waals surface area contributed by atoms with Gasteiger partial charge in [-0.15, -0.1) is 11.3 Å². The summed E-state index contributed by atoms with van der Waals surface area (Å²) in [4.78, 5) is 12.9. The number of halogens is 1. The number of nitrogens with zero attached hydrogens (tertiary/aromatic N) is 3. The molecule has 0 unspecified atom stereocenters. The van der Waals surface area contributed by atoms with E-state index in [2.05, 4.69) is 15.0 Å². The van der Waals surface area contributed by atoms with Gasteiger partial charge >= 0.3 is 0 Å². The van der Waals surface area contributed by atoms with Crippen LogP contribution in [-0.4, -0.2) is 22.1 Å². The third kappa shape index (κ3) is 2.96. The molecule has 0 saturated heterocycles. The maximum atomic E-state index is 13.0. The lowest BCUT2D eigenvalue weighted by atomic mass is 10.1. The summed E-state index contributed by atoms with van der Waals surface area (Å²) in [5.41, 5.74) is 4.46. The van der Waals surface area contributed by atoms with Crippen LogP contribution in [-0.2, 0) is 0 Å². The van der Waals surface area contributed by atoms with Crippen LogP contribution in [0.3, 0.4) is 0 Å². The molecule has 0 radical (unpaired) electrons. The maximum Gasteiger partial charge on any atom is 0.212 e. The molecule has 4 aromatic rings. The summed E-state index contributed by atoms with van der Waals surface area (Å²) in [6.45, 7) is 1.98. The Morgan fingerprint density at radius 1 is 1.00 bits per heavy atom. The van der Waals surface area contributed by atoms with Gasteiger partial charge in [-0.1, -0.05) is 0 Å². The second kappa shape index (κ2) is 6.22. The highest BCUT2D eigenvalue weighted by Gasteiger charge is 2.11. The highest BCUT2D eigenvalue weighted by molar-refractivity contribution is 7.21. The van der Waals surface area contributed by atoms with E-state index in [1.54, 1.807) is 30.7 Å². The lowest BCUT2D eigenvalue weighted by molar-refractivity contribution is 0.415. The number of aromatic nitrogens is 3. The normalized spacial score (nSPS) is 11.0. The summed E-state index contributed by atoms with van der Waals surface area (Å²) in [6, 6.07) is 10.9. The summed E-state index contributed by atoms with van der Waals surface area (Å²) in [5.74, 6) is 0.319. The van der Waals surface area contributed by atoms with Crippen molar-refractivity contribution >= 4 is 21.6 Å². The number of ether oxygens (including phenoxy) is 1. The van der Waals surface area contributed by atoms with Gasteiger partial charge in [-0.3, -0.25) is 4.98 Å². The van der Waals surface area contributed by atoms with E-state index in [4.69, 9.17) is 4.74 Å². The zero-order chi connectivity index (χ0) is 17.4. The van der Waals surface area contributed by atoms with Crippen molar-refractivity contribution in [1.29, 1.82) is 0 Å². The van der Waals surface area contributed by atoms with E-state index < -0.39 is 5.95 Å². The lowest BCUT2D eigenvalue weighted by Crippen LogP contribution is -1.91. The molecule has 0 aliphatic rings. The van der Waals surface area contributed by atoms with Crippen LogP contribution in [0.25, 0.3) is 32.0 Å². The predicted octanol–water partition coefficient (Wildman–Crippen LogP) is 4.88. The van der Waals surface area contributed by atoms with E-state index >= 15 is 0 Å². The minimum Gasteiger partial charge on any atom is -0.497 e. The summed E-state index contributed by atoms with van der Waals surface area (Å²) in [5, 5.41) is 0.905. The van der Waals surface area contributed by atoms with Gasteiger partial charge < -0.3 is 4.74 Å². The van der Waals surface area contributed by atoms with Gasteiger partial charge in [-0.2, -0.15) is 4.39 Å². The Morgan fingerprint density at radius 3 is 2.56 bits per heavy atom. The van der Waals surface area contributed by atoms with Gasteiger partial charge in [-0.25, -0.2) is 9.97 Å². The van der Waals surface area contributed by atoms with Crippen LogP contribution in [0.1, 0.15) is 5.56 Å². The molecule has 3 heterocycles. The molecule has 4 nitrogen and oxygen atoms in total. The first kappa shape index (κ1) is 15.7. The number of benzene rings is 1. The Hall–Kier alpha value is -2.86. The molecule has 25 heavy (non-hydrogen) atoms. The summed E-state index contributed by atoms with van der Waals surface area (Å²) < 4.78 is 19.3. The van der Waals surface area contributed by atoms with Gasteiger partial charge in [0.25, 0.3) is 0 Å². The van der Waals surface area contributed by atoms with Crippen molar-refractivity contribution in [2.24, 2.45) is 0 Å². The molecule has 0 aliphatic heterocycles. The number of hydrogen-bond acceptors (Lipinski definition) is 5. The molecule has 4 rings (SSSR count). The average molecular weight is 351 g/mol. The smallest absolute Gasteiger partial charge is 0.212 e. The van der Waals surface area contributed by atoms with Crippen LogP contribution < -0.4 is 4.74 Å². The number of thiazole rings is 1. The average Bonchev–Trinajstić information content (AvgIpc) is 3.05. The van der Waals surface area contributed by atoms with Crippen molar-refractivity contribution in [3.8, 4) is 27.6 Å². The SMILES string of the molecule is COc1ccc2nc(-c3cnc(-c4ccc(F)nc4)c(C)c3)sc2c1. The number of pyridine rings is 2. The molecule has 0 atom stereocenters. The van der Waals surface area contributed by atoms with Crippen LogP contribution in [0.2, 0.25) is 0 Å². The molecule has 0 fully saturated rings. The second-order valence-electron chi connectivity index (χ2n) is 5.61. The van der Waals surface area contributed by atoms with E-state index in [0.717, 1.165) is 43.4 Å². The zero-order valence-corrected chi connectivity index (χ0v) is 14.5.